The molecule has 1 aliphatic heterocycles. The highest BCUT2D eigenvalue weighted by atomic mass is 16.3. The van der Waals surface area contributed by atoms with E-state index in [4.69, 9.17) is 0 Å². The molecule has 1 heterocycles. The minimum atomic E-state index is -0.271. The highest BCUT2D eigenvalue weighted by molar-refractivity contribution is 5.81. The molecule has 0 radical (unpaired) electrons. The number of β-amino-alcohol motifs (C(OH)–C–C–N with tert-alkyl or cyclic N) is 1. The van der Waals surface area contributed by atoms with Crippen molar-refractivity contribution in [3.05, 3.63) is 0 Å². The molecule has 94 valence electrons. The first-order valence-corrected chi connectivity index (χ1v) is 6.27. The van der Waals surface area contributed by atoms with Crippen LogP contribution in [0.25, 0.3) is 0 Å². The zero-order valence-corrected chi connectivity index (χ0v) is 10.6. The first-order chi connectivity index (χ1) is 7.54. The number of nitrogens with one attached hydrogen (secondary N) is 1. The first-order valence-electron chi connectivity index (χ1n) is 6.27. The third kappa shape index (κ3) is 3.76. The van der Waals surface area contributed by atoms with Crippen LogP contribution in [-0.4, -0.2) is 47.2 Å². The van der Waals surface area contributed by atoms with Crippen LogP contribution in [-0.2, 0) is 4.79 Å². The molecular formula is C12H24N2O2. The molecule has 4 nitrogen and oxygen atoms in total. The van der Waals surface area contributed by atoms with Gasteiger partial charge in [0.25, 0.3) is 0 Å². The van der Waals surface area contributed by atoms with Crippen LogP contribution in [0, 0.1) is 0 Å². The molecular weight excluding hydrogens is 204 g/mol. The predicted molar refractivity (Wildman–Crippen MR) is 64.2 cm³/mol. The second-order valence-electron chi connectivity index (χ2n) is 4.78. The normalized spacial score (nSPS) is 26.1. The number of rotatable bonds is 4. The summed E-state index contributed by atoms with van der Waals surface area (Å²) in [4.78, 5) is 13.9. The second-order valence-corrected chi connectivity index (χ2v) is 4.78. The molecule has 0 saturated carbocycles. The van der Waals surface area contributed by atoms with E-state index in [-0.39, 0.29) is 24.1 Å². The van der Waals surface area contributed by atoms with E-state index in [1.54, 1.807) is 0 Å². The van der Waals surface area contributed by atoms with E-state index in [1.165, 1.54) is 0 Å². The molecule has 16 heavy (non-hydrogen) atoms. The highest BCUT2D eigenvalue weighted by Gasteiger charge is 2.26. The molecule has 3 unspecified atom stereocenters. The van der Waals surface area contributed by atoms with Crippen molar-refractivity contribution in [2.24, 2.45) is 0 Å². The van der Waals surface area contributed by atoms with Gasteiger partial charge in [-0.15, -0.1) is 0 Å². The van der Waals surface area contributed by atoms with Crippen molar-refractivity contribution in [1.29, 1.82) is 0 Å². The lowest BCUT2D eigenvalue weighted by Gasteiger charge is -2.34. The van der Waals surface area contributed by atoms with E-state index < -0.39 is 0 Å². The first kappa shape index (κ1) is 13.5. The van der Waals surface area contributed by atoms with E-state index in [0.29, 0.717) is 6.54 Å². The Hall–Kier alpha value is -0.610. The average Bonchev–Trinajstić information content (AvgIpc) is 2.27. The van der Waals surface area contributed by atoms with Crippen molar-refractivity contribution in [3.8, 4) is 0 Å². The van der Waals surface area contributed by atoms with Crippen LogP contribution in [0.15, 0.2) is 0 Å². The maximum Gasteiger partial charge on any atom is 0.237 e. The summed E-state index contributed by atoms with van der Waals surface area (Å²) >= 11 is 0. The third-order valence-electron chi connectivity index (χ3n) is 3.36. The SMILES string of the molecule is CCC(C)NC(=O)C(C)N1CCCC(O)C1. The standard InChI is InChI=1S/C12H24N2O2/c1-4-9(2)13-12(16)10(3)14-7-5-6-11(15)8-14/h9-11,15H,4-8H2,1-3H3,(H,13,16). The molecule has 0 aromatic heterocycles. The quantitative estimate of drug-likeness (QED) is 0.746. The molecule has 1 rings (SSSR count). The van der Waals surface area contributed by atoms with Gasteiger partial charge in [-0.3, -0.25) is 9.69 Å². The van der Waals surface area contributed by atoms with Crippen molar-refractivity contribution >= 4 is 5.91 Å². The van der Waals surface area contributed by atoms with Crippen LogP contribution in [0.4, 0.5) is 0 Å². The summed E-state index contributed by atoms with van der Waals surface area (Å²) in [6.45, 7) is 7.51. The Kier molecular flexibility index (Phi) is 5.22. The fraction of sp³-hybridized carbons (Fsp3) is 0.917. The number of amides is 1. The van der Waals surface area contributed by atoms with Crippen LogP contribution >= 0.6 is 0 Å². The van der Waals surface area contributed by atoms with Gasteiger partial charge in [0.05, 0.1) is 12.1 Å². The number of aliphatic hydroxyl groups is 1. The fourth-order valence-electron chi connectivity index (χ4n) is 1.97. The summed E-state index contributed by atoms with van der Waals surface area (Å²) in [6.07, 6.45) is 2.51. The van der Waals surface area contributed by atoms with Gasteiger partial charge in [0.1, 0.15) is 0 Å². The minimum Gasteiger partial charge on any atom is -0.392 e. The fourth-order valence-corrected chi connectivity index (χ4v) is 1.97. The van der Waals surface area contributed by atoms with E-state index in [0.717, 1.165) is 25.8 Å². The van der Waals surface area contributed by atoms with Gasteiger partial charge in [0.15, 0.2) is 0 Å². The average molecular weight is 228 g/mol. The number of carbonyl (C=O) groups excluding carboxylic acids is 1. The lowest BCUT2D eigenvalue weighted by molar-refractivity contribution is -0.127. The molecule has 1 fully saturated rings. The maximum absolute atomic E-state index is 11.9. The topological polar surface area (TPSA) is 52.6 Å². The van der Waals surface area contributed by atoms with E-state index in [9.17, 15) is 9.90 Å². The predicted octanol–water partition coefficient (Wildman–Crippen LogP) is 0.746. The molecule has 4 heteroatoms. The van der Waals surface area contributed by atoms with E-state index in [2.05, 4.69) is 17.1 Å². The van der Waals surface area contributed by atoms with Crippen molar-refractivity contribution < 1.29 is 9.90 Å². The van der Waals surface area contributed by atoms with Gasteiger partial charge in [-0.05, 0) is 39.7 Å². The van der Waals surface area contributed by atoms with Gasteiger partial charge in [-0.2, -0.15) is 0 Å². The van der Waals surface area contributed by atoms with Crippen LogP contribution in [0.5, 0.6) is 0 Å². The van der Waals surface area contributed by atoms with E-state index >= 15 is 0 Å². The summed E-state index contributed by atoms with van der Waals surface area (Å²) < 4.78 is 0. The molecule has 1 amide bonds. The van der Waals surface area contributed by atoms with Gasteiger partial charge < -0.3 is 10.4 Å². The summed E-state index contributed by atoms with van der Waals surface area (Å²) in [6, 6.07) is 0.0913. The van der Waals surface area contributed by atoms with Gasteiger partial charge >= 0.3 is 0 Å². The molecule has 3 atom stereocenters. The number of hydrogen-bond donors (Lipinski definition) is 2. The zero-order valence-electron chi connectivity index (χ0n) is 10.6. The zero-order chi connectivity index (χ0) is 12.1. The molecule has 1 saturated heterocycles. The molecule has 1 aliphatic rings. The third-order valence-corrected chi connectivity index (χ3v) is 3.36. The van der Waals surface area contributed by atoms with Crippen molar-refractivity contribution in [3.63, 3.8) is 0 Å². The van der Waals surface area contributed by atoms with Crippen LogP contribution < -0.4 is 5.32 Å². The highest BCUT2D eigenvalue weighted by Crippen LogP contribution is 2.13. The Morgan fingerprint density at radius 2 is 2.25 bits per heavy atom. The van der Waals surface area contributed by atoms with Gasteiger partial charge in [0, 0.05) is 12.6 Å². The number of aliphatic hydroxyl groups excluding tert-OH is 1. The lowest BCUT2D eigenvalue weighted by Crippen LogP contribution is -2.51. The number of hydrogen-bond acceptors (Lipinski definition) is 3. The summed E-state index contributed by atoms with van der Waals surface area (Å²) in [5.41, 5.74) is 0. The monoisotopic (exact) mass is 228 g/mol. The van der Waals surface area contributed by atoms with Crippen molar-refractivity contribution in [2.75, 3.05) is 13.1 Å². The molecule has 0 bridgehead atoms. The second kappa shape index (κ2) is 6.21. The summed E-state index contributed by atoms with van der Waals surface area (Å²) in [7, 11) is 0. The Balaban J connectivity index is 2.43. The Morgan fingerprint density at radius 3 is 2.81 bits per heavy atom. The number of carbonyl (C=O) groups is 1. The van der Waals surface area contributed by atoms with Crippen LogP contribution in [0.1, 0.15) is 40.0 Å². The van der Waals surface area contributed by atoms with Gasteiger partial charge in [-0.25, -0.2) is 0 Å². The molecule has 0 spiro atoms. The Morgan fingerprint density at radius 1 is 1.56 bits per heavy atom. The number of likely N-dealkylation sites (tertiary alicyclic amines) is 1. The number of nitrogens with zero attached hydrogens (tertiary/aromatic N) is 1. The van der Waals surface area contributed by atoms with Crippen molar-refractivity contribution in [2.45, 2.75) is 58.2 Å². The van der Waals surface area contributed by atoms with E-state index in [1.807, 2.05) is 13.8 Å². The largest absolute Gasteiger partial charge is 0.392 e. The molecule has 0 aromatic carbocycles. The van der Waals surface area contributed by atoms with Crippen LogP contribution in [0.2, 0.25) is 0 Å². The smallest absolute Gasteiger partial charge is 0.237 e. The minimum absolute atomic E-state index is 0.0726. The van der Waals surface area contributed by atoms with Crippen LogP contribution in [0.3, 0.4) is 0 Å². The van der Waals surface area contributed by atoms with Gasteiger partial charge in [-0.1, -0.05) is 6.92 Å². The summed E-state index contributed by atoms with van der Waals surface area (Å²) in [5, 5.41) is 12.5. The van der Waals surface area contributed by atoms with Gasteiger partial charge in [0.2, 0.25) is 5.91 Å². The van der Waals surface area contributed by atoms with Crippen molar-refractivity contribution in [1.82, 2.24) is 10.2 Å². The molecule has 2 N–H and O–H groups in total. The Labute approximate surface area is 98.0 Å². The maximum atomic E-state index is 11.9. The lowest BCUT2D eigenvalue weighted by atomic mass is 10.1. The number of piperidine rings is 1. The Bertz CT molecular complexity index is 233. The molecule has 0 aromatic rings. The molecule has 0 aliphatic carbocycles. The summed E-state index contributed by atoms with van der Waals surface area (Å²) in [5.74, 6) is 0.0726.